The summed E-state index contributed by atoms with van der Waals surface area (Å²) in [6, 6.07) is 2.85. The lowest BCUT2D eigenvalue weighted by Gasteiger charge is -2.50. The molecule has 0 bridgehead atoms. The van der Waals surface area contributed by atoms with Gasteiger partial charge < -0.3 is 26.2 Å². The number of amides is 1. The van der Waals surface area contributed by atoms with Crippen molar-refractivity contribution >= 4 is 17.5 Å². The number of phenols is 1. The van der Waals surface area contributed by atoms with Gasteiger partial charge in [-0.1, -0.05) is 12.1 Å². The number of aromatic hydroxyl groups is 1. The summed E-state index contributed by atoms with van der Waals surface area (Å²) in [5.41, 5.74) is 1.40. The van der Waals surface area contributed by atoms with Crippen molar-refractivity contribution in [1.82, 2.24) is 4.90 Å². The third-order valence-electron chi connectivity index (χ3n) is 6.32. The number of Topliss-reactive ketones (excluding diaryl/α,β-unsaturated/α-hetero) is 2. The van der Waals surface area contributed by atoms with Gasteiger partial charge in [0.1, 0.15) is 22.8 Å². The Morgan fingerprint density at radius 2 is 2.00 bits per heavy atom. The van der Waals surface area contributed by atoms with E-state index in [2.05, 4.69) is 0 Å². The Morgan fingerprint density at radius 1 is 1.30 bits per heavy atom. The van der Waals surface area contributed by atoms with Gasteiger partial charge in [-0.15, -0.1) is 0 Å². The zero-order chi connectivity index (χ0) is 24.6. The number of phenolic OH excluding ortho intramolecular Hbond substituents is 1. The normalized spacial score (nSPS) is 32.8. The maximum Gasteiger partial charge on any atom is 0.255 e. The molecule has 0 saturated heterocycles. The summed E-state index contributed by atoms with van der Waals surface area (Å²) in [5.74, 6) is -8.11. The van der Waals surface area contributed by atoms with Gasteiger partial charge in [0.25, 0.3) is 5.91 Å². The maximum absolute atomic E-state index is 13.2. The molecule has 1 aromatic carbocycles. The minimum absolute atomic E-state index is 0.0784. The molecule has 3 aliphatic carbocycles. The molecule has 30 heavy (non-hydrogen) atoms. The molecule has 2 unspecified atom stereocenters. The number of carbonyl (C=O) groups is 3. The summed E-state index contributed by atoms with van der Waals surface area (Å²) in [6.07, 6.45) is -0.0311. The van der Waals surface area contributed by atoms with Crippen molar-refractivity contribution in [3.8, 4) is 5.75 Å². The first-order chi connectivity index (χ1) is 15.2. The van der Waals surface area contributed by atoms with Crippen LogP contribution in [0.15, 0.2) is 40.9 Å². The summed E-state index contributed by atoms with van der Waals surface area (Å²) in [4.78, 5) is 39.1. The molecule has 0 saturated carbocycles. The molecular weight excluding hydrogens is 392 g/mol. The van der Waals surface area contributed by atoms with Crippen molar-refractivity contribution in [3.63, 3.8) is 0 Å². The molecule has 6 N–H and O–H groups in total. The van der Waals surface area contributed by atoms with Crippen LogP contribution >= 0.6 is 0 Å². The van der Waals surface area contributed by atoms with E-state index in [0.29, 0.717) is 10.5 Å². The van der Waals surface area contributed by atoms with E-state index in [1.54, 1.807) is 6.07 Å². The Bertz CT molecular complexity index is 1170. The molecule has 0 aromatic heterocycles. The molecule has 0 fully saturated rings. The highest BCUT2D eigenvalue weighted by Gasteiger charge is 2.63. The van der Waals surface area contributed by atoms with E-state index in [-0.39, 0.29) is 29.7 Å². The smallest absolute Gasteiger partial charge is 0.255 e. The number of fused-ring (bicyclic) bond motifs is 3. The Balaban J connectivity index is 1.98. The molecule has 0 spiro atoms. The highest BCUT2D eigenvalue weighted by atomic mass is 16.3. The molecule has 4 atom stereocenters. The first-order valence-electron chi connectivity index (χ1n) is 10.7. The molecule has 0 aliphatic heterocycles. The number of nitrogens with zero attached hydrogens (tertiary/aromatic N) is 1. The van der Waals surface area contributed by atoms with Gasteiger partial charge in [-0.3, -0.25) is 19.3 Å². The van der Waals surface area contributed by atoms with Crippen LogP contribution < -0.4 is 5.73 Å². The Labute approximate surface area is 175 Å². The summed E-state index contributed by atoms with van der Waals surface area (Å²) < 4.78 is 23.2. The zero-order valence-corrected chi connectivity index (χ0v) is 15.9. The zero-order valence-electron chi connectivity index (χ0n) is 18.9. The largest absolute Gasteiger partial charge is 0.510 e. The monoisotopic (exact) mass is 417 g/mol. The van der Waals surface area contributed by atoms with Crippen LogP contribution in [-0.2, 0) is 16.0 Å². The van der Waals surface area contributed by atoms with Gasteiger partial charge in [0, 0.05) is 15.6 Å². The quantitative estimate of drug-likeness (QED) is 0.424. The summed E-state index contributed by atoms with van der Waals surface area (Å²) in [7, 11) is 1.11. The number of nitrogens with two attached hydrogens (primary N) is 1. The van der Waals surface area contributed by atoms with E-state index in [1.165, 1.54) is 12.1 Å². The van der Waals surface area contributed by atoms with Crippen molar-refractivity contribution in [2.75, 3.05) is 14.0 Å². The number of hydrogen-bond acceptors (Lipinski definition) is 8. The fourth-order valence-corrected chi connectivity index (χ4v) is 5.04. The standard InChI is InChI=1S/C21H22N2O7/c1-23(2)15-10-7-9-6-8-4-3-5-11(24)12(8)16(25)13(9)18(27)21(10,30)19(28)14(17(15)26)20(22)29/h3-5,9-10,15,24,26-27,30H,6-7H2,1-2H3,(H2,22,29)/t9?,10?,15-,21-/m0/s1/i1D3. The van der Waals surface area contributed by atoms with Gasteiger partial charge in [-0.25, -0.2) is 0 Å². The Kier molecular flexibility index (Phi) is 3.55. The molecule has 4 rings (SSSR count). The number of aliphatic hydroxyl groups excluding tert-OH is 2. The number of allylic oxidation sites excluding steroid dienone is 1. The van der Waals surface area contributed by atoms with Gasteiger partial charge in [0.2, 0.25) is 5.78 Å². The van der Waals surface area contributed by atoms with E-state index in [4.69, 9.17) is 9.85 Å². The highest BCUT2D eigenvalue weighted by Crippen LogP contribution is 2.52. The number of rotatable bonds is 2. The van der Waals surface area contributed by atoms with E-state index < -0.39 is 65.0 Å². The number of primary amides is 1. The Hall–Kier alpha value is -3.17. The number of carbonyl (C=O) groups excluding carboxylic acids is 3. The average Bonchev–Trinajstić information content (AvgIpc) is 2.69. The van der Waals surface area contributed by atoms with Gasteiger partial charge in [-0.2, -0.15) is 0 Å². The second kappa shape index (κ2) is 6.41. The first kappa shape index (κ1) is 16.6. The molecule has 3 aliphatic rings. The number of likely N-dealkylation sites (N-methyl/N-ethyl adjacent to an activating group) is 1. The predicted molar refractivity (Wildman–Crippen MR) is 104 cm³/mol. The fourth-order valence-electron chi connectivity index (χ4n) is 5.04. The SMILES string of the molecule is [2H]C([2H])([2H])N(C)[C@@H]1C(O)=C(C(N)=O)C(=O)[C@@]2(O)C(O)=C3C(=O)c4c(O)cccc4CC3CC12. The highest BCUT2D eigenvalue weighted by molar-refractivity contribution is 6.24. The summed E-state index contributed by atoms with van der Waals surface area (Å²) in [5, 5.41) is 43.5. The van der Waals surface area contributed by atoms with Gasteiger partial charge in [0.15, 0.2) is 11.4 Å². The van der Waals surface area contributed by atoms with Crippen LogP contribution in [0.4, 0.5) is 0 Å². The number of aliphatic hydroxyl groups is 3. The van der Waals surface area contributed by atoms with E-state index in [1.807, 2.05) is 0 Å². The molecular formula is C21H22N2O7. The molecule has 1 amide bonds. The molecule has 0 heterocycles. The molecule has 9 heteroatoms. The second-order valence-electron chi connectivity index (χ2n) is 7.92. The number of benzene rings is 1. The fraction of sp³-hybridized carbons (Fsp3) is 0.381. The van der Waals surface area contributed by atoms with Crippen molar-refractivity contribution in [3.05, 3.63) is 52.0 Å². The molecule has 9 nitrogen and oxygen atoms in total. The maximum atomic E-state index is 13.2. The average molecular weight is 417 g/mol. The minimum Gasteiger partial charge on any atom is -0.510 e. The van der Waals surface area contributed by atoms with E-state index in [9.17, 15) is 34.8 Å². The van der Waals surface area contributed by atoms with Crippen molar-refractivity contribution in [2.24, 2.45) is 17.6 Å². The van der Waals surface area contributed by atoms with Crippen LogP contribution in [0.25, 0.3) is 0 Å². The van der Waals surface area contributed by atoms with Gasteiger partial charge >= 0.3 is 0 Å². The predicted octanol–water partition coefficient (Wildman–Crippen LogP) is 0.121. The lowest BCUT2D eigenvalue weighted by Crippen LogP contribution is -2.63. The number of hydrogen-bond donors (Lipinski definition) is 5. The first-order valence-corrected chi connectivity index (χ1v) is 9.25. The summed E-state index contributed by atoms with van der Waals surface area (Å²) in [6.45, 7) is -2.82. The van der Waals surface area contributed by atoms with Gasteiger partial charge in [0.05, 0.1) is 11.6 Å². The van der Waals surface area contributed by atoms with Crippen LogP contribution in [0.1, 0.15) is 26.5 Å². The lowest BCUT2D eigenvalue weighted by atomic mass is 9.58. The van der Waals surface area contributed by atoms with Crippen LogP contribution in [0.3, 0.4) is 0 Å². The van der Waals surface area contributed by atoms with Crippen LogP contribution in [0, 0.1) is 11.8 Å². The topological polar surface area (TPSA) is 161 Å². The van der Waals surface area contributed by atoms with Crippen LogP contribution in [-0.4, -0.2) is 68.5 Å². The Morgan fingerprint density at radius 3 is 2.63 bits per heavy atom. The van der Waals surface area contributed by atoms with Crippen molar-refractivity contribution in [2.45, 2.75) is 24.5 Å². The minimum atomic E-state index is -2.88. The van der Waals surface area contributed by atoms with Gasteiger partial charge in [-0.05, 0) is 44.4 Å². The third kappa shape index (κ3) is 2.39. The second-order valence-corrected chi connectivity index (χ2v) is 7.92. The number of ketones is 2. The van der Waals surface area contributed by atoms with E-state index in [0.717, 1.165) is 7.05 Å². The molecule has 0 radical (unpaired) electrons. The summed E-state index contributed by atoms with van der Waals surface area (Å²) >= 11 is 0. The lowest BCUT2D eigenvalue weighted by molar-refractivity contribution is -0.148. The van der Waals surface area contributed by atoms with Crippen molar-refractivity contribution in [1.29, 1.82) is 0 Å². The van der Waals surface area contributed by atoms with Crippen molar-refractivity contribution < 1.29 is 38.9 Å². The molecule has 158 valence electrons. The van der Waals surface area contributed by atoms with Crippen LogP contribution in [0.5, 0.6) is 5.75 Å². The third-order valence-corrected chi connectivity index (χ3v) is 6.32. The van der Waals surface area contributed by atoms with Crippen LogP contribution in [0.2, 0.25) is 0 Å². The molecule has 1 aromatic rings. The van der Waals surface area contributed by atoms with E-state index >= 15 is 0 Å².